The first-order valence-corrected chi connectivity index (χ1v) is 9.06. The molecule has 4 nitrogen and oxygen atoms in total. The number of nitrogens with one attached hydrogen (secondary N) is 1. The highest BCUT2D eigenvalue weighted by atomic mass is 35.5. The van der Waals surface area contributed by atoms with Gasteiger partial charge in [0.25, 0.3) is 0 Å². The molecule has 26 heavy (non-hydrogen) atoms. The number of carbonyl (C=O) groups excluding carboxylic acids is 2. The molecule has 1 amide bonds. The molecule has 2 unspecified atom stereocenters. The minimum Gasteiger partial charge on any atom is -0.353 e. The van der Waals surface area contributed by atoms with E-state index < -0.39 is 17.6 Å². The SMILES string of the molecule is CCC(C)NC(=O)C(C=Nc1ccc(Cl)cc1)C(=O)c1ccccc1Cl. The number of rotatable bonds is 7. The number of amides is 1. The van der Waals surface area contributed by atoms with Gasteiger partial charge in [0.2, 0.25) is 5.91 Å². The van der Waals surface area contributed by atoms with Crippen molar-refractivity contribution in [3.05, 3.63) is 64.1 Å². The number of ketones is 1. The van der Waals surface area contributed by atoms with Gasteiger partial charge in [-0.15, -0.1) is 0 Å². The summed E-state index contributed by atoms with van der Waals surface area (Å²) in [5.41, 5.74) is 0.892. The summed E-state index contributed by atoms with van der Waals surface area (Å²) >= 11 is 12.0. The van der Waals surface area contributed by atoms with E-state index in [-0.39, 0.29) is 6.04 Å². The van der Waals surface area contributed by atoms with Gasteiger partial charge in [-0.25, -0.2) is 0 Å². The maximum absolute atomic E-state index is 12.9. The van der Waals surface area contributed by atoms with Gasteiger partial charge in [0.15, 0.2) is 5.78 Å². The van der Waals surface area contributed by atoms with Crippen molar-refractivity contribution in [1.29, 1.82) is 0 Å². The lowest BCUT2D eigenvalue weighted by atomic mass is 9.97. The van der Waals surface area contributed by atoms with Crippen LogP contribution in [-0.4, -0.2) is 23.9 Å². The van der Waals surface area contributed by atoms with E-state index in [1.807, 2.05) is 13.8 Å². The van der Waals surface area contributed by atoms with Gasteiger partial charge in [-0.2, -0.15) is 0 Å². The van der Waals surface area contributed by atoms with Crippen LogP contribution in [0.5, 0.6) is 0 Å². The van der Waals surface area contributed by atoms with E-state index in [1.165, 1.54) is 6.21 Å². The molecular weight excluding hydrogens is 371 g/mol. The highest BCUT2D eigenvalue weighted by Crippen LogP contribution is 2.20. The molecule has 0 bridgehead atoms. The van der Waals surface area contributed by atoms with Crippen molar-refractivity contribution in [2.45, 2.75) is 26.3 Å². The zero-order valence-corrected chi connectivity index (χ0v) is 16.1. The summed E-state index contributed by atoms with van der Waals surface area (Å²) in [6.07, 6.45) is 2.11. The van der Waals surface area contributed by atoms with Gasteiger partial charge in [0.05, 0.1) is 10.7 Å². The molecule has 0 aliphatic rings. The first-order chi connectivity index (χ1) is 12.4. The first kappa shape index (κ1) is 20.1. The summed E-state index contributed by atoms with van der Waals surface area (Å²) < 4.78 is 0. The molecule has 2 aromatic rings. The second kappa shape index (κ2) is 9.51. The van der Waals surface area contributed by atoms with Crippen LogP contribution in [0.1, 0.15) is 30.6 Å². The minimum absolute atomic E-state index is 0.0482. The summed E-state index contributed by atoms with van der Waals surface area (Å²) in [5, 5.41) is 3.72. The van der Waals surface area contributed by atoms with Gasteiger partial charge >= 0.3 is 0 Å². The van der Waals surface area contributed by atoms with E-state index in [0.29, 0.717) is 21.3 Å². The lowest BCUT2D eigenvalue weighted by Crippen LogP contribution is -2.40. The lowest BCUT2D eigenvalue weighted by molar-refractivity contribution is -0.122. The van der Waals surface area contributed by atoms with Crippen LogP contribution >= 0.6 is 23.2 Å². The molecule has 2 aromatic carbocycles. The molecule has 0 radical (unpaired) electrons. The maximum atomic E-state index is 12.9. The number of hydrogen-bond acceptors (Lipinski definition) is 3. The fraction of sp³-hybridized carbons (Fsp3) is 0.250. The normalized spacial score (nSPS) is 13.4. The third kappa shape index (κ3) is 5.41. The molecule has 2 atom stereocenters. The molecule has 0 fully saturated rings. The van der Waals surface area contributed by atoms with Crippen molar-refractivity contribution < 1.29 is 9.59 Å². The number of hydrogen-bond donors (Lipinski definition) is 1. The third-order valence-corrected chi connectivity index (χ3v) is 4.49. The molecule has 0 aliphatic carbocycles. The Morgan fingerprint density at radius 3 is 2.38 bits per heavy atom. The van der Waals surface area contributed by atoms with Crippen molar-refractivity contribution in [1.82, 2.24) is 5.32 Å². The summed E-state index contributed by atoms with van der Waals surface area (Å²) in [6, 6.07) is 13.4. The molecule has 0 aliphatic heterocycles. The number of halogens is 2. The van der Waals surface area contributed by atoms with Crippen LogP contribution < -0.4 is 5.32 Å². The number of aliphatic imine (C=N–C) groups is 1. The molecule has 1 N–H and O–H groups in total. The largest absolute Gasteiger partial charge is 0.353 e. The monoisotopic (exact) mass is 390 g/mol. The van der Waals surface area contributed by atoms with Crippen LogP contribution in [-0.2, 0) is 4.79 Å². The molecule has 0 aromatic heterocycles. The number of nitrogens with zero attached hydrogens (tertiary/aromatic N) is 1. The first-order valence-electron chi connectivity index (χ1n) is 8.31. The highest BCUT2D eigenvalue weighted by Gasteiger charge is 2.28. The Kier molecular flexibility index (Phi) is 7.37. The van der Waals surface area contributed by atoms with E-state index in [0.717, 1.165) is 6.42 Å². The average Bonchev–Trinajstić information content (AvgIpc) is 2.63. The van der Waals surface area contributed by atoms with E-state index in [1.54, 1.807) is 48.5 Å². The standard InChI is InChI=1S/C20H20Cl2N2O2/c1-3-13(2)24-20(26)17(12-23-15-10-8-14(21)9-11-15)19(25)16-6-4-5-7-18(16)22/h4-13,17H,3H2,1-2H3,(H,24,26). The van der Waals surface area contributed by atoms with Gasteiger partial charge in [-0.05, 0) is 49.7 Å². The Bertz CT molecular complexity index is 804. The summed E-state index contributed by atoms with van der Waals surface area (Å²) in [5.74, 6) is -1.87. The van der Waals surface area contributed by atoms with E-state index in [4.69, 9.17) is 23.2 Å². The molecule has 0 saturated carbocycles. The Hall–Kier alpha value is -2.17. The number of carbonyl (C=O) groups is 2. The van der Waals surface area contributed by atoms with Gasteiger partial charge < -0.3 is 5.32 Å². The van der Waals surface area contributed by atoms with Crippen molar-refractivity contribution >= 4 is 46.8 Å². The smallest absolute Gasteiger partial charge is 0.236 e. The fourth-order valence-corrected chi connectivity index (χ4v) is 2.56. The second-order valence-corrected chi connectivity index (χ2v) is 6.74. The quantitative estimate of drug-likeness (QED) is 0.405. The van der Waals surface area contributed by atoms with Crippen molar-refractivity contribution in [3.8, 4) is 0 Å². The lowest BCUT2D eigenvalue weighted by Gasteiger charge is -2.16. The van der Waals surface area contributed by atoms with Gasteiger partial charge in [0, 0.05) is 22.8 Å². The van der Waals surface area contributed by atoms with Crippen LogP contribution in [0.15, 0.2) is 53.5 Å². The van der Waals surface area contributed by atoms with Crippen LogP contribution in [0.2, 0.25) is 10.0 Å². The van der Waals surface area contributed by atoms with Gasteiger partial charge in [0.1, 0.15) is 5.92 Å². The Morgan fingerprint density at radius 1 is 1.12 bits per heavy atom. The van der Waals surface area contributed by atoms with Crippen LogP contribution in [0, 0.1) is 5.92 Å². The van der Waals surface area contributed by atoms with E-state index >= 15 is 0 Å². The van der Waals surface area contributed by atoms with E-state index in [9.17, 15) is 9.59 Å². The molecular formula is C20H20Cl2N2O2. The summed E-state index contributed by atoms with van der Waals surface area (Å²) in [6.45, 7) is 3.84. The third-order valence-electron chi connectivity index (χ3n) is 3.90. The predicted molar refractivity (Wildman–Crippen MR) is 107 cm³/mol. The zero-order valence-electron chi connectivity index (χ0n) is 14.6. The minimum atomic E-state index is -1.07. The predicted octanol–water partition coefficient (Wildman–Crippen LogP) is 5.11. The van der Waals surface area contributed by atoms with Crippen LogP contribution in [0.3, 0.4) is 0 Å². The maximum Gasteiger partial charge on any atom is 0.236 e. The molecule has 6 heteroatoms. The van der Waals surface area contributed by atoms with E-state index in [2.05, 4.69) is 10.3 Å². The fourth-order valence-electron chi connectivity index (χ4n) is 2.21. The molecule has 2 rings (SSSR count). The Labute approximate surface area is 163 Å². The number of benzene rings is 2. The topological polar surface area (TPSA) is 58.5 Å². The summed E-state index contributed by atoms with van der Waals surface area (Å²) in [7, 11) is 0. The van der Waals surface area contributed by atoms with Gasteiger partial charge in [-0.1, -0.05) is 42.3 Å². The second-order valence-electron chi connectivity index (χ2n) is 5.89. The number of Topliss-reactive ketones (excluding diaryl/α,β-unsaturated/α-hetero) is 1. The zero-order chi connectivity index (χ0) is 19.1. The van der Waals surface area contributed by atoms with Crippen LogP contribution in [0.4, 0.5) is 5.69 Å². The molecule has 0 spiro atoms. The highest BCUT2D eigenvalue weighted by molar-refractivity contribution is 6.35. The Balaban J connectivity index is 2.32. The van der Waals surface area contributed by atoms with Gasteiger partial charge in [-0.3, -0.25) is 14.6 Å². The summed E-state index contributed by atoms with van der Waals surface area (Å²) in [4.78, 5) is 29.8. The molecule has 136 valence electrons. The average molecular weight is 391 g/mol. The molecule has 0 saturated heterocycles. The van der Waals surface area contributed by atoms with Crippen molar-refractivity contribution in [2.24, 2.45) is 10.9 Å². The molecule has 0 heterocycles. The van der Waals surface area contributed by atoms with Crippen molar-refractivity contribution in [2.75, 3.05) is 0 Å². The van der Waals surface area contributed by atoms with Crippen molar-refractivity contribution in [3.63, 3.8) is 0 Å². The Morgan fingerprint density at radius 2 is 1.77 bits per heavy atom. The van der Waals surface area contributed by atoms with Crippen LogP contribution in [0.25, 0.3) is 0 Å².